The molecule has 3 aliphatic rings. The van der Waals surface area contributed by atoms with Crippen molar-refractivity contribution in [1.29, 1.82) is 5.26 Å². The molecule has 7 heteroatoms. The van der Waals surface area contributed by atoms with Gasteiger partial charge in [0.25, 0.3) is 0 Å². The number of rotatable bonds is 6. The zero-order valence-electron chi connectivity index (χ0n) is 14.5. The number of hydrogen-bond acceptors (Lipinski definition) is 5. The van der Waals surface area contributed by atoms with Crippen molar-refractivity contribution in [2.75, 3.05) is 5.75 Å². The van der Waals surface area contributed by atoms with Crippen LogP contribution < -0.4 is 5.32 Å². The first-order valence-electron chi connectivity index (χ1n) is 9.51. The maximum Gasteiger partial charge on any atom is 0.231 e. The van der Waals surface area contributed by atoms with Crippen LogP contribution >= 0.6 is 11.8 Å². The largest absolute Gasteiger partial charge is 0.337 e. The van der Waals surface area contributed by atoms with E-state index in [1.165, 1.54) is 37.4 Å². The van der Waals surface area contributed by atoms with Gasteiger partial charge in [-0.05, 0) is 38.5 Å². The Labute approximate surface area is 152 Å². The van der Waals surface area contributed by atoms with Gasteiger partial charge in [-0.15, -0.1) is 10.2 Å². The van der Waals surface area contributed by atoms with E-state index in [1.807, 2.05) is 0 Å². The molecule has 0 aliphatic heterocycles. The lowest BCUT2D eigenvalue weighted by molar-refractivity contribution is -0.120. The lowest BCUT2D eigenvalue weighted by atomic mass is 9.92. The van der Waals surface area contributed by atoms with Gasteiger partial charge in [0.15, 0.2) is 5.16 Å². The standard InChI is InChI=1S/C18H25N5OS/c19-12-18(9-3-1-2-4-10-18)20-15(24)11-25-17-22-21-16(13-5-6-13)23(17)14-7-8-14/h13-14H,1-11H2,(H,20,24). The molecule has 0 aromatic carbocycles. The van der Waals surface area contributed by atoms with Crippen LogP contribution in [0.25, 0.3) is 0 Å². The minimum atomic E-state index is -0.669. The van der Waals surface area contributed by atoms with E-state index in [9.17, 15) is 10.1 Å². The molecule has 6 nitrogen and oxygen atoms in total. The van der Waals surface area contributed by atoms with E-state index in [0.717, 1.165) is 49.5 Å². The first-order valence-corrected chi connectivity index (χ1v) is 10.5. The molecule has 0 bridgehead atoms. The van der Waals surface area contributed by atoms with Crippen LogP contribution in [0, 0.1) is 11.3 Å². The Bertz CT molecular complexity index is 678. The Morgan fingerprint density at radius 1 is 1.20 bits per heavy atom. The predicted octanol–water partition coefficient (Wildman–Crippen LogP) is 3.32. The van der Waals surface area contributed by atoms with E-state index in [2.05, 4.69) is 26.2 Å². The Kier molecular flexibility index (Phi) is 4.72. The second-order valence-corrected chi connectivity index (χ2v) is 8.60. The zero-order chi connectivity index (χ0) is 17.3. The van der Waals surface area contributed by atoms with Crippen molar-refractivity contribution < 1.29 is 4.79 Å². The molecule has 0 spiro atoms. The van der Waals surface area contributed by atoms with Gasteiger partial charge in [-0.1, -0.05) is 37.4 Å². The fourth-order valence-electron chi connectivity index (χ4n) is 3.71. The number of nitrogens with zero attached hydrogens (tertiary/aromatic N) is 4. The van der Waals surface area contributed by atoms with E-state index in [-0.39, 0.29) is 5.91 Å². The smallest absolute Gasteiger partial charge is 0.231 e. The highest BCUT2D eigenvalue weighted by molar-refractivity contribution is 7.99. The normalized spacial score (nSPS) is 22.8. The van der Waals surface area contributed by atoms with Crippen molar-refractivity contribution in [2.45, 2.75) is 86.9 Å². The first kappa shape index (κ1) is 16.9. The van der Waals surface area contributed by atoms with Crippen LogP contribution in [0.2, 0.25) is 0 Å². The minimum absolute atomic E-state index is 0.0632. The van der Waals surface area contributed by atoms with E-state index in [0.29, 0.717) is 17.7 Å². The van der Waals surface area contributed by atoms with Crippen molar-refractivity contribution in [1.82, 2.24) is 20.1 Å². The highest BCUT2D eigenvalue weighted by atomic mass is 32.2. The van der Waals surface area contributed by atoms with Crippen LogP contribution in [0.1, 0.15) is 82.0 Å². The lowest BCUT2D eigenvalue weighted by Crippen LogP contribution is -2.47. The Morgan fingerprint density at radius 2 is 1.92 bits per heavy atom. The quantitative estimate of drug-likeness (QED) is 0.622. The zero-order valence-corrected chi connectivity index (χ0v) is 15.4. The minimum Gasteiger partial charge on any atom is -0.337 e. The van der Waals surface area contributed by atoms with Gasteiger partial charge in [0.05, 0.1) is 11.8 Å². The summed E-state index contributed by atoms with van der Waals surface area (Å²) in [5, 5.41) is 22.2. The van der Waals surface area contributed by atoms with Gasteiger partial charge in [0.2, 0.25) is 5.91 Å². The molecular formula is C18H25N5OS. The van der Waals surface area contributed by atoms with Gasteiger partial charge < -0.3 is 9.88 Å². The molecule has 0 atom stereocenters. The number of nitrogens with one attached hydrogen (secondary N) is 1. The molecule has 4 rings (SSSR count). The van der Waals surface area contributed by atoms with Crippen molar-refractivity contribution in [3.8, 4) is 6.07 Å². The second kappa shape index (κ2) is 6.99. The number of aromatic nitrogens is 3. The summed E-state index contributed by atoms with van der Waals surface area (Å²) in [5.41, 5.74) is -0.669. The summed E-state index contributed by atoms with van der Waals surface area (Å²) in [6.07, 6.45) is 10.7. The average molecular weight is 359 g/mol. The van der Waals surface area contributed by atoms with Crippen LogP contribution in [0.4, 0.5) is 0 Å². The predicted molar refractivity (Wildman–Crippen MR) is 95.2 cm³/mol. The number of nitriles is 1. The lowest BCUT2D eigenvalue weighted by Gasteiger charge is -2.26. The average Bonchev–Trinajstić information content (AvgIpc) is 3.51. The molecule has 3 saturated carbocycles. The SMILES string of the molecule is N#CC1(NC(=O)CSc2nnc(C3CC3)n2C2CC2)CCCCCC1. The third kappa shape index (κ3) is 3.84. The Hall–Kier alpha value is -1.55. The Morgan fingerprint density at radius 3 is 2.52 bits per heavy atom. The van der Waals surface area contributed by atoms with E-state index in [1.54, 1.807) is 0 Å². The van der Waals surface area contributed by atoms with Crippen LogP contribution in [0.3, 0.4) is 0 Å². The molecule has 0 unspecified atom stereocenters. The number of amides is 1. The number of carbonyl (C=O) groups excluding carboxylic acids is 1. The molecule has 3 aliphatic carbocycles. The van der Waals surface area contributed by atoms with Crippen molar-refractivity contribution >= 4 is 17.7 Å². The molecular weight excluding hydrogens is 334 g/mol. The maximum absolute atomic E-state index is 12.5. The molecule has 1 aromatic heterocycles. The van der Waals surface area contributed by atoms with E-state index in [4.69, 9.17) is 0 Å². The molecule has 1 heterocycles. The molecule has 134 valence electrons. The third-order valence-corrected chi connectivity index (χ3v) is 6.37. The summed E-state index contributed by atoms with van der Waals surface area (Å²) in [6.45, 7) is 0. The maximum atomic E-state index is 12.5. The summed E-state index contributed by atoms with van der Waals surface area (Å²) in [4.78, 5) is 12.5. The molecule has 1 N–H and O–H groups in total. The first-order chi connectivity index (χ1) is 12.2. The van der Waals surface area contributed by atoms with Gasteiger partial charge >= 0.3 is 0 Å². The van der Waals surface area contributed by atoms with Gasteiger partial charge in [0, 0.05) is 12.0 Å². The number of hydrogen-bond donors (Lipinski definition) is 1. The van der Waals surface area contributed by atoms with Crippen LogP contribution in [-0.4, -0.2) is 32.0 Å². The summed E-state index contributed by atoms with van der Waals surface area (Å²) in [7, 11) is 0. The number of carbonyl (C=O) groups is 1. The number of thioether (sulfide) groups is 1. The second-order valence-electron chi connectivity index (χ2n) is 7.66. The molecule has 0 radical (unpaired) electrons. The summed E-state index contributed by atoms with van der Waals surface area (Å²) < 4.78 is 2.27. The molecule has 3 fully saturated rings. The molecule has 1 aromatic rings. The fourth-order valence-corrected chi connectivity index (χ4v) is 4.53. The summed E-state index contributed by atoms with van der Waals surface area (Å²) >= 11 is 1.46. The van der Waals surface area contributed by atoms with Gasteiger partial charge in [-0.25, -0.2) is 0 Å². The van der Waals surface area contributed by atoms with Crippen molar-refractivity contribution in [3.05, 3.63) is 5.82 Å². The van der Waals surface area contributed by atoms with Crippen LogP contribution in [0.5, 0.6) is 0 Å². The highest BCUT2D eigenvalue weighted by Gasteiger charge is 2.37. The van der Waals surface area contributed by atoms with E-state index >= 15 is 0 Å². The topological polar surface area (TPSA) is 83.6 Å². The van der Waals surface area contributed by atoms with Gasteiger partial charge in [-0.3, -0.25) is 4.79 Å². The van der Waals surface area contributed by atoms with Gasteiger partial charge in [0.1, 0.15) is 11.4 Å². The van der Waals surface area contributed by atoms with Gasteiger partial charge in [-0.2, -0.15) is 5.26 Å². The highest BCUT2D eigenvalue weighted by Crippen LogP contribution is 2.46. The summed E-state index contributed by atoms with van der Waals surface area (Å²) in [5.74, 6) is 1.93. The molecule has 0 saturated heterocycles. The van der Waals surface area contributed by atoms with E-state index < -0.39 is 5.54 Å². The summed E-state index contributed by atoms with van der Waals surface area (Å²) in [6, 6.07) is 2.91. The molecule has 25 heavy (non-hydrogen) atoms. The Balaban J connectivity index is 1.38. The fraction of sp³-hybridized carbons (Fsp3) is 0.778. The molecule has 1 amide bonds. The third-order valence-electron chi connectivity index (χ3n) is 5.43. The van der Waals surface area contributed by atoms with Crippen LogP contribution in [-0.2, 0) is 4.79 Å². The van der Waals surface area contributed by atoms with Crippen molar-refractivity contribution in [3.63, 3.8) is 0 Å². The van der Waals surface area contributed by atoms with Crippen LogP contribution in [0.15, 0.2) is 5.16 Å². The monoisotopic (exact) mass is 359 g/mol. The van der Waals surface area contributed by atoms with Crippen molar-refractivity contribution in [2.24, 2.45) is 0 Å².